The highest BCUT2D eigenvalue weighted by Gasteiger charge is 2.52. The molecule has 132 valence electrons. The topological polar surface area (TPSA) is 3.24 Å². The summed E-state index contributed by atoms with van der Waals surface area (Å²) in [4.78, 5) is 2.55. The second-order valence-electron chi connectivity index (χ2n) is 8.07. The lowest BCUT2D eigenvalue weighted by molar-refractivity contribution is 0.746. The maximum absolute atomic E-state index is 2.55. The molecule has 0 fully saturated rings. The molecule has 2 heterocycles. The maximum Gasteiger partial charge on any atom is 0.0754 e. The fourth-order valence-corrected chi connectivity index (χ4v) is 5.99. The normalized spacial score (nSPS) is 16.5. The minimum Gasteiger partial charge on any atom is -0.340 e. The molecule has 7 rings (SSSR count). The second-order valence-corrected chi connectivity index (χ2v) is 8.07. The Bertz CT molecular complexity index is 1240. The van der Waals surface area contributed by atoms with Crippen LogP contribution in [0.3, 0.4) is 0 Å². The van der Waals surface area contributed by atoms with Crippen molar-refractivity contribution in [2.45, 2.75) is 11.8 Å². The van der Waals surface area contributed by atoms with Crippen LogP contribution in [0.1, 0.15) is 27.8 Å². The summed E-state index contributed by atoms with van der Waals surface area (Å²) < 4.78 is 0. The third-order valence-electron chi connectivity index (χ3n) is 6.95. The zero-order valence-electron chi connectivity index (χ0n) is 15.5. The lowest BCUT2D eigenvalue weighted by Crippen LogP contribution is -2.36. The van der Waals surface area contributed by atoms with Crippen molar-refractivity contribution in [1.29, 1.82) is 0 Å². The molecule has 1 aliphatic carbocycles. The Hall–Kier alpha value is -3.32. The van der Waals surface area contributed by atoms with E-state index in [2.05, 4.69) is 95.9 Å². The molecule has 0 amide bonds. The van der Waals surface area contributed by atoms with Crippen LogP contribution in [0, 0.1) is 0 Å². The maximum atomic E-state index is 2.55. The van der Waals surface area contributed by atoms with Gasteiger partial charge in [-0.15, -0.1) is 0 Å². The number of benzene rings is 4. The molecular formula is C27H19N. The summed E-state index contributed by atoms with van der Waals surface area (Å²) in [5.74, 6) is 0. The van der Waals surface area contributed by atoms with Gasteiger partial charge in [-0.2, -0.15) is 0 Å². The van der Waals surface area contributed by atoms with Crippen molar-refractivity contribution < 1.29 is 0 Å². The summed E-state index contributed by atoms with van der Waals surface area (Å²) >= 11 is 0. The third-order valence-corrected chi connectivity index (χ3v) is 6.95. The van der Waals surface area contributed by atoms with E-state index in [1.165, 1.54) is 50.3 Å². The number of para-hydroxylation sites is 2. The van der Waals surface area contributed by atoms with E-state index in [-0.39, 0.29) is 5.41 Å². The van der Waals surface area contributed by atoms with E-state index >= 15 is 0 Å². The summed E-state index contributed by atoms with van der Waals surface area (Å²) in [5, 5.41) is 0. The Balaban J connectivity index is 1.74. The monoisotopic (exact) mass is 357 g/mol. The van der Waals surface area contributed by atoms with Gasteiger partial charge in [0.25, 0.3) is 0 Å². The van der Waals surface area contributed by atoms with Gasteiger partial charge in [0.1, 0.15) is 0 Å². The second kappa shape index (κ2) is 4.94. The highest BCUT2D eigenvalue weighted by molar-refractivity contribution is 5.94. The molecule has 0 unspecified atom stereocenters. The molecule has 0 saturated heterocycles. The van der Waals surface area contributed by atoms with E-state index in [0.717, 1.165) is 13.0 Å². The van der Waals surface area contributed by atoms with Gasteiger partial charge in [-0.1, -0.05) is 84.9 Å². The molecule has 0 atom stereocenters. The fraction of sp³-hybridized carbons (Fsp3) is 0.111. The molecule has 0 bridgehead atoms. The van der Waals surface area contributed by atoms with E-state index < -0.39 is 0 Å². The number of nitrogens with zero attached hydrogens (tertiary/aromatic N) is 1. The molecule has 3 aliphatic rings. The van der Waals surface area contributed by atoms with Gasteiger partial charge in [-0.25, -0.2) is 0 Å². The molecule has 1 nitrogen and oxygen atoms in total. The standard InChI is InChI=1S/C27H19N/c1-3-11-21-19(9-1)20-10-2-4-12-22(20)27(21)23-13-5-6-15-25(23)28-17-16-18-8-7-14-24(27)26(18)28/h1-15H,16-17H2. The SMILES string of the molecule is c1ccc2c(c1)-c1ccccc1C21c2ccccc2N2CCc3cccc1c32. The molecular weight excluding hydrogens is 338 g/mol. The zero-order valence-corrected chi connectivity index (χ0v) is 15.5. The summed E-state index contributed by atoms with van der Waals surface area (Å²) in [7, 11) is 0. The molecule has 1 spiro atoms. The minimum atomic E-state index is -0.226. The highest BCUT2D eigenvalue weighted by Crippen LogP contribution is 2.63. The van der Waals surface area contributed by atoms with Crippen molar-refractivity contribution in [1.82, 2.24) is 0 Å². The Kier molecular flexibility index (Phi) is 2.59. The first kappa shape index (κ1) is 14.7. The van der Waals surface area contributed by atoms with Crippen LogP contribution in [0.4, 0.5) is 11.4 Å². The molecule has 0 saturated carbocycles. The number of hydrogen-bond donors (Lipinski definition) is 0. The smallest absolute Gasteiger partial charge is 0.0754 e. The average molecular weight is 357 g/mol. The number of anilines is 2. The van der Waals surface area contributed by atoms with Gasteiger partial charge >= 0.3 is 0 Å². The van der Waals surface area contributed by atoms with Crippen LogP contribution >= 0.6 is 0 Å². The Morgan fingerprint density at radius 2 is 1.18 bits per heavy atom. The van der Waals surface area contributed by atoms with Crippen LogP contribution in [0.15, 0.2) is 91.0 Å². The summed E-state index contributed by atoms with van der Waals surface area (Å²) in [5.41, 5.74) is 12.5. The fourth-order valence-electron chi connectivity index (χ4n) is 5.99. The van der Waals surface area contributed by atoms with Gasteiger partial charge in [0.15, 0.2) is 0 Å². The molecule has 4 aromatic carbocycles. The lowest BCUT2D eigenvalue weighted by Gasteiger charge is -2.43. The first-order valence-electron chi connectivity index (χ1n) is 10.1. The molecule has 4 aromatic rings. The first-order chi connectivity index (χ1) is 13.9. The van der Waals surface area contributed by atoms with E-state index in [1.807, 2.05) is 0 Å². The van der Waals surface area contributed by atoms with Crippen molar-refractivity contribution in [3.05, 3.63) is 119 Å². The van der Waals surface area contributed by atoms with Crippen molar-refractivity contribution in [3.8, 4) is 11.1 Å². The molecule has 28 heavy (non-hydrogen) atoms. The Morgan fingerprint density at radius 3 is 1.93 bits per heavy atom. The summed E-state index contributed by atoms with van der Waals surface area (Å²) in [6.45, 7) is 1.07. The number of fused-ring (bicyclic) bond motifs is 9. The van der Waals surface area contributed by atoms with Crippen LogP contribution in [0.25, 0.3) is 11.1 Å². The number of rotatable bonds is 0. The van der Waals surface area contributed by atoms with Gasteiger partial charge in [-0.05, 0) is 51.4 Å². The predicted molar refractivity (Wildman–Crippen MR) is 114 cm³/mol. The molecule has 0 radical (unpaired) electrons. The minimum absolute atomic E-state index is 0.226. The summed E-state index contributed by atoms with van der Waals surface area (Å²) in [6.07, 6.45) is 1.12. The highest BCUT2D eigenvalue weighted by atomic mass is 15.2. The first-order valence-corrected chi connectivity index (χ1v) is 10.1. The molecule has 0 aromatic heterocycles. The van der Waals surface area contributed by atoms with E-state index in [1.54, 1.807) is 0 Å². The van der Waals surface area contributed by atoms with Crippen LogP contribution in [0.2, 0.25) is 0 Å². The third kappa shape index (κ3) is 1.49. The molecule has 2 aliphatic heterocycles. The van der Waals surface area contributed by atoms with E-state index in [0.29, 0.717) is 0 Å². The van der Waals surface area contributed by atoms with Crippen LogP contribution in [-0.2, 0) is 11.8 Å². The van der Waals surface area contributed by atoms with Gasteiger partial charge in [-0.3, -0.25) is 0 Å². The van der Waals surface area contributed by atoms with Gasteiger partial charge < -0.3 is 4.90 Å². The van der Waals surface area contributed by atoms with Crippen LogP contribution in [-0.4, -0.2) is 6.54 Å². The Morgan fingerprint density at radius 1 is 0.571 bits per heavy atom. The quantitative estimate of drug-likeness (QED) is 0.326. The van der Waals surface area contributed by atoms with E-state index in [4.69, 9.17) is 0 Å². The number of hydrogen-bond acceptors (Lipinski definition) is 1. The predicted octanol–water partition coefficient (Wildman–Crippen LogP) is 6.06. The molecule has 1 heteroatoms. The summed E-state index contributed by atoms with van der Waals surface area (Å²) in [6, 6.07) is 34.0. The van der Waals surface area contributed by atoms with Gasteiger partial charge in [0.05, 0.1) is 5.41 Å². The van der Waals surface area contributed by atoms with Gasteiger partial charge in [0.2, 0.25) is 0 Å². The zero-order chi connectivity index (χ0) is 18.3. The molecule has 0 N–H and O–H groups in total. The van der Waals surface area contributed by atoms with Gasteiger partial charge in [0, 0.05) is 17.9 Å². The van der Waals surface area contributed by atoms with Crippen molar-refractivity contribution in [3.63, 3.8) is 0 Å². The largest absolute Gasteiger partial charge is 0.340 e. The van der Waals surface area contributed by atoms with Crippen LogP contribution in [0.5, 0.6) is 0 Å². The lowest BCUT2D eigenvalue weighted by atomic mass is 9.64. The van der Waals surface area contributed by atoms with Crippen molar-refractivity contribution >= 4 is 11.4 Å². The Labute approximate surface area is 164 Å². The average Bonchev–Trinajstić information content (AvgIpc) is 3.32. The van der Waals surface area contributed by atoms with Crippen LogP contribution < -0.4 is 4.90 Å². The van der Waals surface area contributed by atoms with Crippen molar-refractivity contribution in [2.24, 2.45) is 0 Å². The van der Waals surface area contributed by atoms with E-state index in [9.17, 15) is 0 Å². The van der Waals surface area contributed by atoms with Crippen molar-refractivity contribution in [2.75, 3.05) is 11.4 Å².